The maximum atomic E-state index is 12.2. The molecule has 21 heavy (non-hydrogen) atoms. The lowest BCUT2D eigenvalue weighted by Crippen LogP contribution is -2.41. The number of rotatable bonds is 6. The SMILES string of the molecule is CCC(C)(OC)C(=O)Nc1ccc(OC(C)C)c(C#N)c1. The van der Waals surface area contributed by atoms with Crippen LogP contribution >= 0.6 is 0 Å². The van der Waals surface area contributed by atoms with Crippen molar-refractivity contribution >= 4 is 11.6 Å². The summed E-state index contributed by atoms with van der Waals surface area (Å²) in [6.45, 7) is 7.39. The Labute approximate surface area is 125 Å². The van der Waals surface area contributed by atoms with Gasteiger partial charge in [0.2, 0.25) is 0 Å². The molecule has 5 nitrogen and oxygen atoms in total. The first-order chi connectivity index (χ1) is 9.86. The van der Waals surface area contributed by atoms with E-state index in [1.54, 1.807) is 25.1 Å². The summed E-state index contributed by atoms with van der Waals surface area (Å²) in [5.41, 5.74) is 0.0430. The van der Waals surface area contributed by atoms with Crippen molar-refractivity contribution in [3.63, 3.8) is 0 Å². The second-order valence-electron chi connectivity index (χ2n) is 5.23. The van der Waals surface area contributed by atoms with E-state index >= 15 is 0 Å². The standard InChI is InChI=1S/C16H22N2O3/c1-6-16(4,20-5)15(19)18-13-7-8-14(21-11(2)3)12(9-13)10-17/h7-9,11H,6H2,1-5H3,(H,18,19). The van der Waals surface area contributed by atoms with Crippen molar-refractivity contribution in [2.75, 3.05) is 12.4 Å². The predicted octanol–water partition coefficient (Wildman–Crippen LogP) is 3.10. The van der Waals surface area contributed by atoms with Gasteiger partial charge in [0.25, 0.3) is 5.91 Å². The number of benzene rings is 1. The average molecular weight is 290 g/mol. The Morgan fingerprint density at radius 3 is 2.62 bits per heavy atom. The molecule has 0 aliphatic heterocycles. The van der Waals surface area contributed by atoms with Crippen LogP contribution in [0.15, 0.2) is 18.2 Å². The summed E-state index contributed by atoms with van der Waals surface area (Å²) >= 11 is 0. The molecule has 1 rings (SSSR count). The van der Waals surface area contributed by atoms with Gasteiger partial charge in [0.15, 0.2) is 0 Å². The summed E-state index contributed by atoms with van der Waals surface area (Å²) in [6, 6.07) is 7.07. The van der Waals surface area contributed by atoms with Gasteiger partial charge >= 0.3 is 0 Å². The number of amides is 1. The van der Waals surface area contributed by atoms with Gasteiger partial charge in [-0.3, -0.25) is 4.79 Å². The number of hydrogen-bond donors (Lipinski definition) is 1. The number of nitriles is 1. The molecule has 0 bridgehead atoms. The second-order valence-corrected chi connectivity index (χ2v) is 5.23. The van der Waals surface area contributed by atoms with E-state index in [9.17, 15) is 10.1 Å². The topological polar surface area (TPSA) is 71.3 Å². The van der Waals surface area contributed by atoms with Crippen molar-refractivity contribution in [1.29, 1.82) is 5.26 Å². The van der Waals surface area contributed by atoms with Gasteiger partial charge in [-0.2, -0.15) is 5.26 Å². The third kappa shape index (κ3) is 4.20. The molecular formula is C16H22N2O3. The number of methoxy groups -OCH3 is 1. The minimum absolute atomic E-state index is 0.0191. The number of anilines is 1. The third-order valence-corrected chi connectivity index (χ3v) is 3.33. The normalized spacial score (nSPS) is 13.4. The predicted molar refractivity (Wildman–Crippen MR) is 81.3 cm³/mol. The number of carbonyl (C=O) groups is 1. The summed E-state index contributed by atoms with van der Waals surface area (Å²) < 4.78 is 10.8. The molecule has 0 aromatic heterocycles. The largest absolute Gasteiger partial charge is 0.490 e. The smallest absolute Gasteiger partial charge is 0.256 e. The molecule has 0 heterocycles. The first-order valence-corrected chi connectivity index (χ1v) is 6.93. The fourth-order valence-electron chi connectivity index (χ4n) is 1.71. The van der Waals surface area contributed by atoms with E-state index in [4.69, 9.17) is 9.47 Å². The minimum atomic E-state index is -0.889. The van der Waals surface area contributed by atoms with E-state index in [2.05, 4.69) is 11.4 Å². The van der Waals surface area contributed by atoms with Crippen molar-refractivity contribution in [3.05, 3.63) is 23.8 Å². The maximum absolute atomic E-state index is 12.2. The Morgan fingerprint density at radius 1 is 1.48 bits per heavy atom. The van der Waals surface area contributed by atoms with Crippen LogP contribution in [0.5, 0.6) is 5.75 Å². The van der Waals surface area contributed by atoms with Crippen molar-refractivity contribution in [2.45, 2.75) is 45.8 Å². The lowest BCUT2D eigenvalue weighted by molar-refractivity contribution is -0.136. The zero-order valence-corrected chi connectivity index (χ0v) is 13.2. The molecule has 1 atom stereocenters. The molecule has 0 fully saturated rings. The number of ether oxygens (including phenoxy) is 2. The zero-order valence-electron chi connectivity index (χ0n) is 13.2. The summed E-state index contributed by atoms with van der Waals surface area (Å²) in [6.07, 6.45) is 0.532. The quantitative estimate of drug-likeness (QED) is 0.874. The molecule has 1 N–H and O–H groups in total. The number of hydrogen-bond acceptors (Lipinski definition) is 4. The second kappa shape index (κ2) is 7.09. The number of carbonyl (C=O) groups excluding carboxylic acids is 1. The van der Waals surface area contributed by atoms with Crippen LogP contribution in [0, 0.1) is 11.3 Å². The molecule has 1 aromatic rings. The Kier molecular flexibility index (Phi) is 5.74. The molecule has 1 amide bonds. The molecule has 0 saturated carbocycles. The van der Waals surface area contributed by atoms with Crippen molar-refractivity contribution in [1.82, 2.24) is 0 Å². The average Bonchev–Trinajstić information content (AvgIpc) is 2.47. The Morgan fingerprint density at radius 2 is 2.14 bits per heavy atom. The molecule has 1 unspecified atom stereocenters. The molecule has 114 valence electrons. The van der Waals surface area contributed by atoms with Crippen LogP contribution in [0.2, 0.25) is 0 Å². The van der Waals surface area contributed by atoms with Crippen LogP contribution in [0.1, 0.15) is 39.7 Å². The number of nitrogens with one attached hydrogen (secondary N) is 1. The maximum Gasteiger partial charge on any atom is 0.256 e. The third-order valence-electron chi connectivity index (χ3n) is 3.33. The van der Waals surface area contributed by atoms with Gasteiger partial charge in [-0.25, -0.2) is 0 Å². The molecule has 0 radical (unpaired) electrons. The van der Waals surface area contributed by atoms with Gasteiger partial charge in [-0.1, -0.05) is 6.92 Å². The molecule has 0 aliphatic rings. The molecule has 0 spiro atoms. The van der Waals surface area contributed by atoms with Crippen LogP contribution in [0.3, 0.4) is 0 Å². The number of nitrogens with zero attached hydrogens (tertiary/aromatic N) is 1. The lowest BCUT2D eigenvalue weighted by Gasteiger charge is -2.25. The van der Waals surface area contributed by atoms with Gasteiger partial charge < -0.3 is 14.8 Å². The van der Waals surface area contributed by atoms with Crippen LogP contribution < -0.4 is 10.1 Å². The lowest BCUT2D eigenvalue weighted by atomic mass is 10.0. The molecule has 5 heteroatoms. The van der Waals surface area contributed by atoms with Gasteiger partial charge in [0.1, 0.15) is 17.4 Å². The van der Waals surface area contributed by atoms with Crippen LogP contribution in [0.25, 0.3) is 0 Å². The monoisotopic (exact) mass is 290 g/mol. The Balaban J connectivity index is 2.96. The van der Waals surface area contributed by atoms with E-state index in [-0.39, 0.29) is 12.0 Å². The zero-order chi connectivity index (χ0) is 16.0. The summed E-state index contributed by atoms with van der Waals surface area (Å²) in [5, 5.41) is 11.9. The van der Waals surface area contributed by atoms with Crippen LogP contribution in [-0.2, 0) is 9.53 Å². The van der Waals surface area contributed by atoms with E-state index in [0.29, 0.717) is 23.4 Å². The molecule has 0 aliphatic carbocycles. The first-order valence-electron chi connectivity index (χ1n) is 6.93. The van der Waals surface area contributed by atoms with Crippen LogP contribution in [0.4, 0.5) is 5.69 Å². The van der Waals surface area contributed by atoms with Gasteiger partial charge in [-0.05, 0) is 45.4 Å². The van der Waals surface area contributed by atoms with Gasteiger partial charge in [-0.15, -0.1) is 0 Å². The van der Waals surface area contributed by atoms with E-state index in [1.807, 2.05) is 20.8 Å². The fourth-order valence-corrected chi connectivity index (χ4v) is 1.71. The van der Waals surface area contributed by atoms with Gasteiger partial charge in [0, 0.05) is 12.8 Å². The van der Waals surface area contributed by atoms with Crippen molar-refractivity contribution in [3.8, 4) is 11.8 Å². The molecular weight excluding hydrogens is 268 g/mol. The summed E-state index contributed by atoms with van der Waals surface area (Å²) in [5.74, 6) is 0.268. The highest BCUT2D eigenvalue weighted by Crippen LogP contribution is 2.24. The van der Waals surface area contributed by atoms with E-state index in [0.717, 1.165) is 0 Å². The highest BCUT2D eigenvalue weighted by Gasteiger charge is 2.31. The van der Waals surface area contributed by atoms with Crippen LogP contribution in [-0.4, -0.2) is 24.7 Å². The van der Waals surface area contributed by atoms with Crippen molar-refractivity contribution in [2.24, 2.45) is 0 Å². The highest BCUT2D eigenvalue weighted by molar-refractivity contribution is 5.97. The summed E-state index contributed by atoms with van der Waals surface area (Å²) in [4.78, 5) is 12.2. The minimum Gasteiger partial charge on any atom is -0.490 e. The first kappa shape index (κ1) is 17.0. The molecule has 1 aromatic carbocycles. The Bertz CT molecular complexity index is 543. The van der Waals surface area contributed by atoms with E-state index < -0.39 is 5.60 Å². The molecule has 0 saturated heterocycles. The van der Waals surface area contributed by atoms with Gasteiger partial charge in [0.05, 0.1) is 11.7 Å². The van der Waals surface area contributed by atoms with Crippen molar-refractivity contribution < 1.29 is 14.3 Å². The highest BCUT2D eigenvalue weighted by atomic mass is 16.5. The summed E-state index contributed by atoms with van der Waals surface area (Å²) in [7, 11) is 1.50. The Hall–Kier alpha value is -2.06. The van der Waals surface area contributed by atoms with E-state index in [1.165, 1.54) is 7.11 Å². The fraction of sp³-hybridized carbons (Fsp3) is 0.500.